The second-order valence-electron chi connectivity index (χ2n) is 7.92. The Labute approximate surface area is 191 Å². The van der Waals surface area contributed by atoms with Gasteiger partial charge in [-0.25, -0.2) is 8.42 Å². The SMILES string of the molecule is CCCC(O)CCCCCCCCCCCCCCCC(C)S(=O)(=O)[O-].[Na+]. The molecule has 27 heavy (non-hydrogen) atoms. The fourth-order valence-corrected chi connectivity index (χ4v) is 3.83. The van der Waals surface area contributed by atoms with Gasteiger partial charge in [0.2, 0.25) is 0 Å². The first-order valence-electron chi connectivity index (χ1n) is 11.0. The zero-order valence-electron chi connectivity index (χ0n) is 18.3. The van der Waals surface area contributed by atoms with Crippen molar-refractivity contribution in [3.63, 3.8) is 0 Å². The van der Waals surface area contributed by atoms with Gasteiger partial charge in [0.05, 0.1) is 16.2 Å². The minimum atomic E-state index is -4.09. The fraction of sp³-hybridized carbons (Fsp3) is 1.00. The fourth-order valence-electron chi connectivity index (χ4n) is 3.38. The summed E-state index contributed by atoms with van der Waals surface area (Å²) in [6.45, 7) is 3.63. The molecule has 1 N–H and O–H groups in total. The smallest absolute Gasteiger partial charge is 0.748 e. The van der Waals surface area contributed by atoms with Gasteiger partial charge >= 0.3 is 29.6 Å². The molecule has 0 spiro atoms. The first kappa shape index (κ1) is 30.1. The molecule has 0 amide bonds. The van der Waals surface area contributed by atoms with E-state index in [1.54, 1.807) is 0 Å². The van der Waals surface area contributed by atoms with Crippen LogP contribution in [0.25, 0.3) is 0 Å². The molecule has 2 atom stereocenters. The van der Waals surface area contributed by atoms with Gasteiger partial charge in [0, 0.05) is 5.25 Å². The summed E-state index contributed by atoms with van der Waals surface area (Å²) >= 11 is 0. The maximum absolute atomic E-state index is 10.8. The Morgan fingerprint density at radius 1 is 0.704 bits per heavy atom. The van der Waals surface area contributed by atoms with Gasteiger partial charge in [0.15, 0.2) is 0 Å². The number of unbranched alkanes of at least 4 members (excludes halogenated alkanes) is 12. The standard InChI is InChI=1S/C21H44O4S.Na/c1-3-17-21(22)19-16-14-12-10-8-6-4-5-7-9-11-13-15-18-20(2)26(23,24)25;/h20-22H,3-19H2,1-2H3,(H,23,24,25);/q;+1/p-1. The first-order chi connectivity index (χ1) is 12.4. The third-order valence-electron chi connectivity index (χ3n) is 5.26. The molecule has 0 saturated carbocycles. The van der Waals surface area contributed by atoms with E-state index in [-0.39, 0.29) is 35.7 Å². The van der Waals surface area contributed by atoms with E-state index in [2.05, 4.69) is 6.92 Å². The van der Waals surface area contributed by atoms with Gasteiger partial charge in [0.25, 0.3) is 0 Å². The number of aliphatic hydroxyl groups is 1. The molecule has 0 aliphatic carbocycles. The first-order valence-corrected chi connectivity index (χ1v) is 12.5. The molecule has 4 nitrogen and oxygen atoms in total. The summed E-state index contributed by atoms with van der Waals surface area (Å²) in [6.07, 6.45) is 19.3. The molecule has 0 aliphatic rings. The van der Waals surface area contributed by atoms with Crippen molar-refractivity contribution in [2.24, 2.45) is 0 Å². The Morgan fingerprint density at radius 3 is 1.37 bits per heavy atom. The Kier molecular flexibility index (Phi) is 22.4. The van der Waals surface area contributed by atoms with Crippen LogP contribution in [0.2, 0.25) is 0 Å². The van der Waals surface area contributed by atoms with Gasteiger partial charge < -0.3 is 9.66 Å². The van der Waals surface area contributed by atoms with Crippen molar-refractivity contribution < 1.29 is 47.6 Å². The van der Waals surface area contributed by atoms with E-state index in [1.807, 2.05) is 0 Å². The van der Waals surface area contributed by atoms with E-state index in [9.17, 15) is 18.1 Å². The molecular formula is C21H43NaO4S. The monoisotopic (exact) mass is 414 g/mol. The maximum Gasteiger partial charge on any atom is 1.00 e. The quantitative estimate of drug-likeness (QED) is 0.200. The van der Waals surface area contributed by atoms with E-state index in [4.69, 9.17) is 0 Å². The number of hydrogen-bond acceptors (Lipinski definition) is 4. The van der Waals surface area contributed by atoms with Crippen molar-refractivity contribution in [1.29, 1.82) is 0 Å². The summed E-state index contributed by atoms with van der Waals surface area (Å²) in [5.41, 5.74) is 0. The van der Waals surface area contributed by atoms with Crippen LogP contribution in [0.3, 0.4) is 0 Å². The third-order valence-corrected chi connectivity index (χ3v) is 6.48. The van der Waals surface area contributed by atoms with Crippen molar-refractivity contribution in [3.05, 3.63) is 0 Å². The van der Waals surface area contributed by atoms with Crippen LogP contribution in [-0.4, -0.2) is 29.4 Å². The molecule has 0 rings (SSSR count). The summed E-state index contributed by atoms with van der Waals surface area (Å²) < 4.78 is 32.3. The van der Waals surface area contributed by atoms with Crippen LogP contribution in [0.1, 0.15) is 123 Å². The van der Waals surface area contributed by atoms with Crippen molar-refractivity contribution >= 4 is 10.1 Å². The molecule has 0 fully saturated rings. The van der Waals surface area contributed by atoms with Crippen molar-refractivity contribution in [2.75, 3.05) is 0 Å². The Balaban J connectivity index is 0. The maximum atomic E-state index is 10.8. The average molecular weight is 415 g/mol. The van der Waals surface area contributed by atoms with Crippen LogP contribution in [0.4, 0.5) is 0 Å². The number of hydrogen-bond donors (Lipinski definition) is 1. The van der Waals surface area contributed by atoms with Crippen LogP contribution < -0.4 is 29.6 Å². The molecule has 0 heterocycles. The van der Waals surface area contributed by atoms with Crippen LogP contribution in [0, 0.1) is 0 Å². The van der Waals surface area contributed by atoms with Gasteiger partial charge in [-0.3, -0.25) is 0 Å². The zero-order valence-corrected chi connectivity index (χ0v) is 21.1. The van der Waals surface area contributed by atoms with Gasteiger partial charge in [-0.2, -0.15) is 0 Å². The largest absolute Gasteiger partial charge is 1.00 e. The van der Waals surface area contributed by atoms with Gasteiger partial charge in [-0.15, -0.1) is 0 Å². The van der Waals surface area contributed by atoms with E-state index in [0.717, 1.165) is 38.5 Å². The van der Waals surface area contributed by atoms with Crippen molar-refractivity contribution in [2.45, 2.75) is 134 Å². The molecule has 6 heteroatoms. The minimum Gasteiger partial charge on any atom is -0.748 e. The molecule has 0 aromatic rings. The third kappa shape index (κ3) is 21.4. The van der Waals surface area contributed by atoms with Gasteiger partial charge in [-0.05, 0) is 26.2 Å². The summed E-state index contributed by atoms with van der Waals surface area (Å²) in [4.78, 5) is 0. The molecule has 0 aromatic carbocycles. The molecule has 0 saturated heterocycles. The summed E-state index contributed by atoms with van der Waals surface area (Å²) in [5, 5.41) is 8.93. The summed E-state index contributed by atoms with van der Waals surface area (Å²) in [6, 6.07) is 0. The molecule has 0 bridgehead atoms. The molecule has 2 unspecified atom stereocenters. The molecule has 0 aromatic heterocycles. The predicted molar refractivity (Wildman–Crippen MR) is 109 cm³/mol. The zero-order chi connectivity index (χ0) is 19.7. The van der Waals surface area contributed by atoms with Crippen LogP contribution in [0.5, 0.6) is 0 Å². The van der Waals surface area contributed by atoms with E-state index < -0.39 is 15.4 Å². The van der Waals surface area contributed by atoms with Gasteiger partial charge in [0.1, 0.15) is 0 Å². The van der Waals surface area contributed by atoms with Crippen molar-refractivity contribution in [1.82, 2.24) is 0 Å². The predicted octanol–water partition coefficient (Wildman–Crippen LogP) is 2.94. The summed E-state index contributed by atoms with van der Waals surface area (Å²) in [7, 11) is -4.09. The van der Waals surface area contributed by atoms with E-state index in [1.165, 1.54) is 71.1 Å². The number of rotatable bonds is 19. The molecule has 158 valence electrons. The van der Waals surface area contributed by atoms with E-state index in [0.29, 0.717) is 6.42 Å². The Morgan fingerprint density at radius 2 is 1.04 bits per heavy atom. The molecule has 0 aliphatic heterocycles. The Bertz CT molecular complexity index is 401. The molecule has 0 radical (unpaired) electrons. The second kappa shape index (κ2) is 20.2. The average Bonchev–Trinajstić information content (AvgIpc) is 2.57. The van der Waals surface area contributed by atoms with E-state index >= 15 is 0 Å². The topological polar surface area (TPSA) is 77.4 Å². The van der Waals surface area contributed by atoms with Crippen LogP contribution in [-0.2, 0) is 10.1 Å². The van der Waals surface area contributed by atoms with Gasteiger partial charge in [-0.1, -0.05) is 96.8 Å². The number of aliphatic hydroxyl groups excluding tert-OH is 1. The minimum absolute atomic E-state index is 0. The second-order valence-corrected chi connectivity index (χ2v) is 9.71. The normalized spacial score (nSPS) is 13.9. The van der Waals surface area contributed by atoms with Crippen LogP contribution >= 0.6 is 0 Å². The Hall–Kier alpha value is 0.870. The van der Waals surface area contributed by atoms with Crippen LogP contribution in [0.15, 0.2) is 0 Å². The summed E-state index contributed by atoms with van der Waals surface area (Å²) in [5.74, 6) is 0. The molecular weight excluding hydrogens is 371 g/mol. The van der Waals surface area contributed by atoms with Crippen molar-refractivity contribution in [3.8, 4) is 0 Å².